The van der Waals surface area contributed by atoms with Crippen LogP contribution in [0.3, 0.4) is 0 Å². The highest BCUT2D eigenvalue weighted by Crippen LogP contribution is 2.35. The Bertz CT molecular complexity index is 441. The van der Waals surface area contributed by atoms with E-state index in [9.17, 15) is 4.79 Å². The van der Waals surface area contributed by atoms with Gasteiger partial charge in [-0.15, -0.1) is 0 Å². The van der Waals surface area contributed by atoms with E-state index in [4.69, 9.17) is 15.6 Å². The SMILES string of the molecule is COc1cc(N)ccc1C(=O)NC1(CO)CC1. The minimum Gasteiger partial charge on any atom is -0.496 e. The average molecular weight is 236 g/mol. The molecule has 17 heavy (non-hydrogen) atoms. The van der Waals surface area contributed by atoms with Gasteiger partial charge in [0.05, 0.1) is 24.8 Å². The number of carbonyl (C=O) groups excluding carboxylic acids is 1. The van der Waals surface area contributed by atoms with E-state index in [0.29, 0.717) is 17.0 Å². The Balaban J connectivity index is 2.19. The van der Waals surface area contributed by atoms with Crippen LogP contribution in [0, 0.1) is 0 Å². The van der Waals surface area contributed by atoms with E-state index < -0.39 is 5.54 Å². The quantitative estimate of drug-likeness (QED) is 0.666. The highest BCUT2D eigenvalue weighted by Gasteiger charge is 2.43. The minimum absolute atomic E-state index is 0.0317. The molecule has 5 nitrogen and oxygen atoms in total. The summed E-state index contributed by atoms with van der Waals surface area (Å²) in [5, 5.41) is 12.0. The largest absolute Gasteiger partial charge is 0.496 e. The Labute approximate surface area is 99.6 Å². The molecule has 2 rings (SSSR count). The monoisotopic (exact) mass is 236 g/mol. The Hall–Kier alpha value is -1.75. The fourth-order valence-corrected chi connectivity index (χ4v) is 1.68. The standard InChI is InChI=1S/C12H16N2O3/c1-17-10-6-8(13)2-3-9(10)11(16)14-12(7-15)4-5-12/h2-3,6,15H,4-5,7,13H2,1H3,(H,14,16). The van der Waals surface area contributed by atoms with E-state index in [0.717, 1.165) is 12.8 Å². The topological polar surface area (TPSA) is 84.6 Å². The summed E-state index contributed by atoms with van der Waals surface area (Å²) in [6.45, 7) is -0.0317. The van der Waals surface area contributed by atoms with Crippen LogP contribution in [-0.4, -0.2) is 30.3 Å². The van der Waals surface area contributed by atoms with E-state index in [1.165, 1.54) is 7.11 Å². The highest BCUT2D eigenvalue weighted by molar-refractivity contribution is 5.98. The lowest BCUT2D eigenvalue weighted by Crippen LogP contribution is -2.39. The van der Waals surface area contributed by atoms with Crippen molar-refractivity contribution in [2.45, 2.75) is 18.4 Å². The van der Waals surface area contributed by atoms with Gasteiger partial charge < -0.3 is 20.9 Å². The Morgan fingerprint density at radius 3 is 2.82 bits per heavy atom. The molecule has 1 saturated carbocycles. The number of rotatable bonds is 4. The van der Waals surface area contributed by atoms with Gasteiger partial charge >= 0.3 is 0 Å². The lowest BCUT2D eigenvalue weighted by atomic mass is 10.1. The summed E-state index contributed by atoms with van der Waals surface area (Å²) < 4.78 is 5.11. The van der Waals surface area contributed by atoms with Gasteiger partial charge in [-0.1, -0.05) is 0 Å². The first kappa shape index (κ1) is 11.7. The highest BCUT2D eigenvalue weighted by atomic mass is 16.5. The molecule has 1 aliphatic carbocycles. The molecule has 1 fully saturated rings. The smallest absolute Gasteiger partial charge is 0.255 e. The number of aliphatic hydroxyl groups excluding tert-OH is 1. The van der Waals surface area contributed by atoms with Crippen LogP contribution in [0.1, 0.15) is 23.2 Å². The summed E-state index contributed by atoms with van der Waals surface area (Å²) in [7, 11) is 1.49. The van der Waals surface area contributed by atoms with Crippen LogP contribution in [0.2, 0.25) is 0 Å². The van der Waals surface area contributed by atoms with Crippen molar-refractivity contribution in [3.05, 3.63) is 23.8 Å². The molecule has 5 heteroatoms. The predicted octanol–water partition coefficient (Wildman–Crippen LogP) is 0.532. The molecule has 0 bridgehead atoms. The second-order valence-electron chi connectivity index (χ2n) is 4.35. The first-order chi connectivity index (χ1) is 8.10. The molecule has 0 unspecified atom stereocenters. The maximum Gasteiger partial charge on any atom is 0.255 e. The molecule has 0 atom stereocenters. The van der Waals surface area contributed by atoms with Crippen molar-refractivity contribution in [3.8, 4) is 5.75 Å². The van der Waals surface area contributed by atoms with Crippen molar-refractivity contribution in [2.24, 2.45) is 0 Å². The number of nitrogen functional groups attached to an aromatic ring is 1. The van der Waals surface area contributed by atoms with Crippen LogP contribution in [0.5, 0.6) is 5.75 Å². The maximum atomic E-state index is 12.0. The number of hydrogen-bond donors (Lipinski definition) is 3. The number of nitrogens with one attached hydrogen (secondary N) is 1. The molecule has 4 N–H and O–H groups in total. The maximum absolute atomic E-state index is 12.0. The van der Waals surface area contributed by atoms with Crippen molar-refractivity contribution in [2.75, 3.05) is 19.5 Å². The summed E-state index contributed by atoms with van der Waals surface area (Å²) in [5.41, 5.74) is 6.17. The third-order valence-electron chi connectivity index (χ3n) is 3.01. The van der Waals surface area contributed by atoms with Gasteiger partial charge in [-0.25, -0.2) is 0 Å². The number of ether oxygens (including phenoxy) is 1. The molecule has 1 aromatic carbocycles. The second kappa shape index (κ2) is 4.25. The van der Waals surface area contributed by atoms with Crippen molar-refractivity contribution in [1.29, 1.82) is 0 Å². The molecule has 0 saturated heterocycles. The van der Waals surface area contributed by atoms with Crippen LogP contribution in [-0.2, 0) is 0 Å². The van der Waals surface area contributed by atoms with E-state index in [2.05, 4.69) is 5.32 Å². The minimum atomic E-state index is -0.427. The second-order valence-corrected chi connectivity index (χ2v) is 4.35. The summed E-state index contributed by atoms with van der Waals surface area (Å²) >= 11 is 0. The molecule has 1 amide bonds. The van der Waals surface area contributed by atoms with Crippen molar-refractivity contribution in [3.63, 3.8) is 0 Å². The van der Waals surface area contributed by atoms with Crippen LogP contribution >= 0.6 is 0 Å². The molecule has 0 spiro atoms. The zero-order chi connectivity index (χ0) is 12.5. The number of nitrogens with two attached hydrogens (primary N) is 1. The summed E-state index contributed by atoms with van der Waals surface area (Å²) in [6, 6.07) is 4.88. The summed E-state index contributed by atoms with van der Waals surface area (Å²) in [6.07, 6.45) is 1.62. The lowest BCUT2D eigenvalue weighted by molar-refractivity contribution is 0.0904. The van der Waals surface area contributed by atoms with Gasteiger partial charge in [0.25, 0.3) is 5.91 Å². The van der Waals surface area contributed by atoms with Crippen molar-refractivity contribution in [1.82, 2.24) is 5.32 Å². The third kappa shape index (κ3) is 2.34. The van der Waals surface area contributed by atoms with Crippen molar-refractivity contribution >= 4 is 11.6 Å². The van der Waals surface area contributed by atoms with Gasteiger partial charge in [-0.2, -0.15) is 0 Å². The molecule has 0 aromatic heterocycles. The van der Waals surface area contributed by atoms with Gasteiger partial charge in [0.15, 0.2) is 0 Å². The Morgan fingerprint density at radius 2 is 2.29 bits per heavy atom. The molecule has 1 aliphatic rings. The molecular weight excluding hydrogens is 220 g/mol. The van der Waals surface area contributed by atoms with E-state index in [-0.39, 0.29) is 12.5 Å². The normalized spacial score (nSPS) is 16.4. The number of carbonyl (C=O) groups is 1. The Morgan fingerprint density at radius 1 is 1.59 bits per heavy atom. The Kier molecular flexibility index (Phi) is 2.93. The number of amides is 1. The van der Waals surface area contributed by atoms with Crippen LogP contribution in [0.15, 0.2) is 18.2 Å². The lowest BCUT2D eigenvalue weighted by Gasteiger charge is -2.15. The van der Waals surface area contributed by atoms with Gasteiger partial charge in [0, 0.05) is 11.8 Å². The number of hydrogen-bond acceptors (Lipinski definition) is 4. The fourth-order valence-electron chi connectivity index (χ4n) is 1.68. The summed E-state index contributed by atoms with van der Waals surface area (Å²) in [4.78, 5) is 12.0. The third-order valence-corrected chi connectivity index (χ3v) is 3.01. The predicted molar refractivity (Wildman–Crippen MR) is 63.9 cm³/mol. The number of methoxy groups -OCH3 is 1. The molecular formula is C12H16N2O3. The van der Waals surface area contributed by atoms with Gasteiger partial charge in [-0.3, -0.25) is 4.79 Å². The van der Waals surface area contributed by atoms with Gasteiger partial charge in [-0.05, 0) is 25.0 Å². The first-order valence-electron chi connectivity index (χ1n) is 5.47. The van der Waals surface area contributed by atoms with Crippen molar-refractivity contribution < 1.29 is 14.6 Å². The average Bonchev–Trinajstić information content (AvgIpc) is 3.09. The first-order valence-corrected chi connectivity index (χ1v) is 5.47. The van der Waals surface area contributed by atoms with Gasteiger partial charge in [0.1, 0.15) is 5.75 Å². The van der Waals surface area contributed by atoms with E-state index in [1.54, 1.807) is 18.2 Å². The number of benzene rings is 1. The zero-order valence-electron chi connectivity index (χ0n) is 9.69. The van der Waals surface area contributed by atoms with Crippen LogP contribution in [0.4, 0.5) is 5.69 Å². The molecule has 0 heterocycles. The van der Waals surface area contributed by atoms with Crippen LogP contribution < -0.4 is 15.8 Å². The fraction of sp³-hybridized carbons (Fsp3) is 0.417. The molecule has 92 valence electrons. The summed E-state index contributed by atoms with van der Waals surface area (Å²) in [5.74, 6) is 0.199. The molecule has 0 radical (unpaired) electrons. The molecule has 0 aliphatic heterocycles. The molecule has 1 aromatic rings. The number of aliphatic hydroxyl groups is 1. The van der Waals surface area contributed by atoms with Gasteiger partial charge in [0.2, 0.25) is 0 Å². The van der Waals surface area contributed by atoms with Crippen LogP contribution in [0.25, 0.3) is 0 Å². The van der Waals surface area contributed by atoms with E-state index >= 15 is 0 Å². The van der Waals surface area contributed by atoms with E-state index in [1.807, 2.05) is 0 Å². The number of anilines is 1. The zero-order valence-corrected chi connectivity index (χ0v) is 9.69.